The van der Waals surface area contributed by atoms with E-state index in [4.69, 9.17) is 0 Å². The largest absolute Gasteiger partial charge is 0.308 e. The van der Waals surface area contributed by atoms with Crippen molar-refractivity contribution in [3.8, 4) is 0 Å². The molecule has 2 heterocycles. The van der Waals surface area contributed by atoms with Gasteiger partial charge in [0.1, 0.15) is 0 Å². The Morgan fingerprint density at radius 2 is 2.14 bits per heavy atom. The molecule has 0 aliphatic carbocycles. The summed E-state index contributed by atoms with van der Waals surface area (Å²) in [6.45, 7) is 8.23. The van der Waals surface area contributed by atoms with E-state index in [0.29, 0.717) is 0 Å². The number of aryl methyl sites for hydroxylation is 3. The molecule has 0 aliphatic heterocycles. The fourth-order valence-electron chi connectivity index (χ4n) is 2.58. The highest BCUT2D eigenvalue weighted by atomic mass is 79.9. The van der Waals surface area contributed by atoms with E-state index in [-0.39, 0.29) is 6.04 Å². The van der Waals surface area contributed by atoms with Crippen LogP contribution in [0, 0.1) is 6.92 Å². The second-order valence-electron chi connectivity index (χ2n) is 5.25. The minimum absolute atomic E-state index is 0.246. The highest BCUT2D eigenvalue weighted by molar-refractivity contribution is 9.10. The van der Waals surface area contributed by atoms with Gasteiger partial charge in [-0.25, -0.2) is 0 Å². The van der Waals surface area contributed by atoms with E-state index in [9.17, 15) is 0 Å². The Balaban J connectivity index is 2.29. The van der Waals surface area contributed by atoms with Crippen molar-refractivity contribution < 1.29 is 0 Å². The van der Waals surface area contributed by atoms with E-state index < -0.39 is 0 Å². The number of aromatic nitrogens is 4. The normalized spacial score (nSPS) is 12.8. The van der Waals surface area contributed by atoms with Gasteiger partial charge in [-0.3, -0.25) is 9.36 Å². The lowest BCUT2D eigenvalue weighted by Gasteiger charge is -2.19. The van der Waals surface area contributed by atoms with Crippen molar-refractivity contribution in [1.29, 1.82) is 0 Å². The first-order chi connectivity index (χ1) is 10.1. The third-order valence-corrected chi connectivity index (χ3v) is 4.74. The lowest BCUT2D eigenvalue weighted by Crippen LogP contribution is -2.27. The first kappa shape index (κ1) is 16.2. The molecule has 0 aromatic carbocycles. The SMILES string of the molecule is CCCNC(Cc1c(Br)c(C)nn1CC)c1ccnn1C. The molecule has 1 atom stereocenters. The molecule has 2 aromatic rings. The monoisotopic (exact) mass is 353 g/mol. The summed E-state index contributed by atoms with van der Waals surface area (Å²) in [5.74, 6) is 0. The van der Waals surface area contributed by atoms with Gasteiger partial charge in [0.2, 0.25) is 0 Å². The molecule has 0 fully saturated rings. The van der Waals surface area contributed by atoms with Crippen molar-refractivity contribution in [2.24, 2.45) is 7.05 Å². The van der Waals surface area contributed by atoms with Gasteiger partial charge in [0.15, 0.2) is 0 Å². The minimum atomic E-state index is 0.246. The average Bonchev–Trinajstić information content (AvgIpc) is 3.01. The molecule has 0 aliphatic rings. The van der Waals surface area contributed by atoms with Crippen molar-refractivity contribution in [2.45, 2.75) is 46.2 Å². The van der Waals surface area contributed by atoms with Gasteiger partial charge in [-0.2, -0.15) is 10.2 Å². The van der Waals surface area contributed by atoms with Crippen LogP contribution < -0.4 is 5.32 Å². The van der Waals surface area contributed by atoms with E-state index in [1.165, 1.54) is 11.4 Å². The van der Waals surface area contributed by atoms with Crippen LogP contribution in [0.25, 0.3) is 0 Å². The molecule has 116 valence electrons. The number of hydrogen-bond donors (Lipinski definition) is 1. The molecular weight excluding hydrogens is 330 g/mol. The zero-order valence-corrected chi connectivity index (χ0v) is 14.8. The minimum Gasteiger partial charge on any atom is -0.308 e. The number of hydrogen-bond acceptors (Lipinski definition) is 3. The van der Waals surface area contributed by atoms with Gasteiger partial charge in [0.25, 0.3) is 0 Å². The second-order valence-corrected chi connectivity index (χ2v) is 6.05. The molecule has 1 N–H and O–H groups in total. The standard InChI is InChI=1S/C15H24BrN5/c1-5-8-17-12(13-7-9-18-20(13)4)10-14-15(16)11(3)19-21(14)6-2/h7,9,12,17H,5-6,8,10H2,1-4H3. The molecular formula is C15H24BrN5. The van der Waals surface area contributed by atoms with E-state index in [2.05, 4.69) is 56.0 Å². The first-order valence-electron chi connectivity index (χ1n) is 7.51. The van der Waals surface area contributed by atoms with Crippen LogP contribution in [-0.4, -0.2) is 26.1 Å². The molecule has 0 bridgehead atoms. The van der Waals surface area contributed by atoms with Crippen LogP contribution in [0.1, 0.15) is 43.4 Å². The van der Waals surface area contributed by atoms with Gasteiger partial charge < -0.3 is 5.32 Å². The quantitative estimate of drug-likeness (QED) is 0.832. The number of nitrogens with one attached hydrogen (secondary N) is 1. The van der Waals surface area contributed by atoms with Crippen LogP contribution in [0.15, 0.2) is 16.7 Å². The molecule has 2 rings (SSSR count). The molecule has 0 saturated heterocycles. The molecule has 0 saturated carbocycles. The van der Waals surface area contributed by atoms with Crippen LogP contribution >= 0.6 is 15.9 Å². The summed E-state index contributed by atoms with van der Waals surface area (Å²) in [5.41, 5.74) is 3.49. The lowest BCUT2D eigenvalue weighted by molar-refractivity contribution is 0.474. The Labute approximate surface area is 134 Å². The van der Waals surface area contributed by atoms with Crippen LogP contribution in [0.5, 0.6) is 0 Å². The first-order valence-corrected chi connectivity index (χ1v) is 8.30. The van der Waals surface area contributed by atoms with Crippen molar-refractivity contribution in [3.05, 3.63) is 33.8 Å². The van der Waals surface area contributed by atoms with Crippen LogP contribution in [0.3, 0.4) is 0 Å². The van der Waals surface area contributed by atoms with E-state index in [1.807, 2.05) is 24.9 Å². The highest BCUT2D eigenvalue weighted by Crippen LogP contribution is 2.26. The summed E-state index contributed by atoms with van der Waals surface area (Å²) >= 11 is 3.69. The fourth-order valence-corrected chi connectivity index (χ4v) is 3.03. The molecule has 5 nitrogen and oxygen atoms in total. The molecule has 0 radical (unpaired) electrons. The Morgan fingerprint density at radius 3 is 2.71 bits per heavy atom. The summed E-state index contributed by atoms with van der Waals surface area (Å²) in [7, 11) is 1.99. The van der Waals surface area contributed by atoms with Crippen LogP contribution in [0.2, 0.25) is 0 Å². The highest BCUT2D eigenvalue weighted by Gasteiger charge is 2.20. The Bertz CT molecular complexity index is 587. The van der Waals surface area contributed by atoms with Gasteiger partial charge >= 0.3 is 0 Å². The van der Waals surface area contributed by atoms with E-state index in [1.54, 1.807) is 0 Å². The number of rotatable bonds is 7. The topological polar surface area (TPSA) is 47.7 Å². The molecule has 0 amide bonds. The van der Waals surface area contributed by atoms with Gasteiger partial charge in [-0.05, 0) is 48.8 Å². The van der Waals surface area contributed by atoms with Crippen LogP contribution in [-0.2, 0) is 20.0 Å². The molecule has 6 heteroatoms. The predicted octanol–water partition coefficient (Wildman–Crippen LogP) is 2.99. The maximum absolute atomic E-state index is 4.59. The van der Waals surface area contributed by atoms with Gasteiger partial charge in [0, 0.05) is 26.2 Å². The summed E-state index contributed by atoms with van der Waals surface area (Å²) in [6, 6.07) is 2.33. The van der Waals surface area contributed by atoms with Gasteiger partial charge in [-0.15, -0.1) is 0 Å². The summed E-state index contributed by atoms with van der Waals surface area (Å²) in [4.78, 5) is 0. The van der Waals surface area contributed by atoms with Gasteiger partial charge in [0.05, 0.1) is 27.6 Å². The Kier molecular flexibility index (Phi) is 5.58. The van der Waals surface area contributed by atoms with E-state index in [0.717, 1.165) is 36.1 Å². The predicted molar refractivity (Wildman–Crippen MR) is 88.3 cm³/mol. The summed E-state index contributed by atoms with van der Waals surface area (Å²) in [6.07, 6.45) is 3.86. The molecule has 2 aromatic heterocycles. The Hall–Kier alpha value is -1.14. The average molecular weight is 354 g/mol. The molecule has 21 heavy (non-hydrogen) atoms. The third-order valence-electron chi connectivity index (χ3n) is 3.71. The summed E-state index contributed by atoms with van der Waals surface area (Å²) < 4.78 is 5.15. The van der Waals surface area contributed by atoms with Gasteiger partial charge in [-0.1, -0.05) is 6.92 Å². The molecule has 1 unspecified atom stereocenters. The van der Waals surface area contributed by atoms with E-state index >= 15 is 0 Å². The number of nitrogens with zero attached hydrogens (tertiary/aromatic N) is 4. The smallest absolute Gasteiger partial charge is 0.0738 e. The Morgan fingerprint density at radius 1 is 1.38 bits per heavy atom. The van der Waals surface area contributed by atoms with Crippen molar-refractivity contribution >= 4 is 15.9 Å². The van der Waals surface area contributed by atoms with Crippen LogP contribution in [0.4, 0.5) is 0 Å². The lowest BCUT2D eigenvalue weighted by atomic mass is 10.1. The van der Waals surface area contributed by atoms with Crippen molar-refractivity contribution in [3.63, 3.8) is 0 Å². The van der Waals surface area contributed by atoms with Crippen molar-refractivity contribution in [2.75, 3.05) is 6.54 Å². The fraction of sp³-hybridized carbons (Fsp3) is 0.600. The zero-order chi connectivity index (χ0) is 15.4. The zero-order valence-electron chi connectivity index (χ0n) is 13.2. The maximum atomic E-state index is 4.59. The number of halogens is 1. The molecule has 0 spiro atoms. The van der Waals surface area contributed by atoms with Crippen molar-refractivity contribution in [1.82, 2.24) is 24.9 Å². The summed E-state index contributed by atoms with van der Waals surface area (Å²) in [5, 5.41) is 12.5. The second kappa shape index (κ2) is 7.22. The third kappa shape index (κ3) is 3.55. The maximum Gasteiger partial charge on any atom is 0.0738 e.